The van der Waals surface area contributed by atoms with E-state index >= 15 is 0 Å². The fraction of sp³-hybridized carbons (Fsp3) is 0.250. The Kier molecular flexibility index (Phi) is 11.5. The Bertz CT molecular complexity index is 1540. The highest BCUT2D eigenvalue weighted by atomic mass is 32.2. The van der Waals surface area contributed by atoms with Gasteiger partial charge in [-0.3, -0.25) is 4.79 Å². The average Bonchev–Trinajstić information content (AvgIpc) is 3.02. The van der Waals surface area contributed by atoms with E-state index in [1.165, 1.54) is 11.8 Å². The predicted octanol–water partition coefficient (Wildman–Crippen LogP) is 6.37. The second-order valence-electron chi connectivity index (χ2n) is 10.9. The molecular formula is C36H40N3O4S+. The van der Waals surface area contributed by atoms with Crippen molar-refractivity contribution in [2.45, 2.75) is 45.9 Å². The molecule has 1 atom stereocenters. The SMILES string of the molecule is CSCC[C@H](NC(=O)c1ccc(CN[N+](Cc2ccccc2)(Cc2ccccc2)C(C)=O)cc1-c1ccccc1C)C(=O)O. The number of nitrogens with one attached hydrogen (secondary N) is 2. The smallest absolute Gasteiger partial charge is 0.330 e. The summed E-state index contributed by atoms with van der Waals surface area (Å²) in [6.07, 6.45) is 2.24. The summed E-state index contributed by atoms with van der Waals surface area (Å²) in [5, 5.41) is 12.4. The van der Waals surface area contributed by atoms with Crippen LogP contribution in [0, 0.1) is 6.92 Å². The van der Waals surface area contributed by atoms with Gasteiger partial charge in [0.1, 0.15) is 19.1 Å². The fourth-order valence-electron chi connectivity index (χ4n) is 5.26. The minimum absolute atomic E-state index is 0.00565. The van der Waals surface area contributed by atoms with Crippen LogP contribution in [0.15, 0.2) is 103 Å². The lowest BCUT2D eigenvalue weighted by Crippen LogP contribution is -2.59. The van der Waals surface area contributed by atoms with Crippen molar-refractivity contribution in [3.8, 4) is 11.1 Å². The number of rotatable bonds is 14. The quantitative estimate of drug-likeness (QED) is 0.114. The first-order chi connectivity index (χ1) is 21.2. The molecule has 0 fully saturated rings. The highest BCUT2D eigenvalue weighted by Gasteiger charge is 2.35. The number of nitrogens with zero attached hydrogens (tertiary/aromatic N) is 1. The van der Waals surface area contributed by atoms with E-state index in [4.69, 9.17) is 0 Å². The Labute approximate surface area is 263 Å². The summed E-state index contributed by atoms with van der Waals surface area (Å²) in [7, 11) is 0. The zero-order valence-corrected chi connectivity index (χ0v) is 26.3. The molecule has 228 valence electrons. The Hall–Kier alpha value is -4.24. The molecule has 44 heavy (non-hydrogen) atoms. The summed E-state index contributed by atoms with van der Waals surface area (Å²) < 4.78 is 0.00565. The molecule has 3 N–H and O–H groups in total. The van der Waals surface area contributed by atoms with Crippen molar-refractivity contribution in [1.82, 2.24) is 10.7 Å². The zero-order valence-electron chi connectivity index (χ0n) is 25.5. The van der Waals surface area contributed by atoms with E-state index < -0.39 is 17.9 Å². The highest BCUT2D eigenvalue weighted by Crippen LogP contribution is 2.29. The molecule has 8 heteroatoms. The second-order valence-corrected chi connectivity index (χ2v) is 11.9. The average molecular weight is 611 g/mol. The monoisotopic (exact) mass is 610 g/mol. The molecule has 0 unspecified atom stereocenters. The van der Waals surface area contributed by atoms with Gasteiger partial charge in [-0.25, -0.2) is 9.59 Å². The molecule has 0 aliphatic heterocycles. The Morgan fingerprint density at radius 2 is 1.39 bits per heavy atom. The standard InChI is InChI=1S/C36H39N3O4S/c1-26-12-10-11-17-31(26)33-22-30(18-19-32(33)35(41)38-34(36(42)43)20-21-44-3)23-37-39(27(2)40,24-28-13-6-4-7-14-28)25-29-15-8-5-9-16-29/h4-19,22,34,37H,20-21,23-25H2,1-3H3,(H-,38,41,42,43)/p+1/t34-/m0/s1. The largest absolute Gasteiger partial charge is 0.480 e. The number of amides is 2. The predicted molar refractivity (Wildman–Crippen MR) is 177 cm³/mol. The van der Waals surface area contributed by atoms with Gasteiger partial charge in [0.2, 0.25) is 0 Å². The van der Waals surface area contributed by atoms with Gasteiger partial charge in [0.05, 0.1) is 13.5 Å². The topological polar surface area (TPSA) is 95.5 Å². The summed E-state index contributed by atoms with van der Waals surface area (Å²) in [6, 6.07) is 32.3. The van der Waals surface area contributed by atoms with Gasteiger partial charge in [0.25, 0.3) is 5.91 Å². The number of carboxylic acids is 1. The zero-order chi connectivity index (χ0) is 31.5. The van der Waals surface area contributed by atoms with Crippen LogP contribution in [0.25, 0.3) is 11.1 Å². The first-order valence-electron chi connectivity index (χ1n) is 14.6. The van der Waals surface area contributed by atoms with Crippen molar-refractivity contribution in [1.29, 1.82) is 0 Å². The third-order valence-corrected chi connectivity index (χ3v) is 8.40. The summed E-state index contributed by atoms with van der Waals surface area (Å²) >= 11 is 1.54. The molecule has 4 aromatic rings. The van der Waals surface area contributed by atoms with Gasteiger partial charge in [0, 0.05) is 16.7 Å². The number of quaternary nitrogens is 1. The number of carboxylic acid groups (broad SMARTS) is 1. The molecule has 2 amide bonds. The minimum atomic E-state index is -1.05. The molecule has 0 spiro atoms. The summed E-state index contributed by atoms with van der Waals surface area (Å²) in [5.41, 5.74) is 9.52. The number of benzene rings is 4. The molecule has 4 rings (SSSR count). The van der Waals surface area contributed by atoms with Gasteiger partial charge in [-0.15, -0.1) is 0 Å². The lowest BCUT2D eigenvalue weighted by atomic mass is 9.93. The van der Waals surface area contributed by atoms with Crippen LogP contribution in [0.1, 0.15) is 46.0 Å². The van der Waals surface area contributed by atoms with E-state index in [1.807, 2.05) is 110 Å². The van der Waals surface area contributed by atoms with Crippen molar-refractivity contribution >= 4 is 29.5 Å². The Morgan fingerprint density at radius 3 is 1.93 bits per heavy atom. The maximum absolute atomic E-state index is 13.5. The molecule has 0 aromatic heterocycles. The van der Waals surface area contributed by atoms with Crippen LogP contribution in [0.3, 0.4) is 0 Å². The second kappa shape index (κ2) is 15.5. The van der Waals surface area contributed by atoms with Gasteiger partial charge in [-0.2, -0.15) is 21.8 Å². The van der Waals surface area contributed by atoms with E-state index in [0.29, 0.717) is 42.9 Å². The van der Waals surface area contributed by atoms with Crippen molar-refractivity contribution in [2.24, 2.45) is 0 Å². The van der Waals surface area contributed by atoms with Crippen LogP contribution >= 0.6 is 11.8 Å². The van der Waals surface area contributed by atoms with Crippen LogP contribution in [-0.2, 0) is 29.2 Å². The summed E-state index contributed by atoms with van der Waals surface area (Å²) in [6.45, 7) is 4.88. The number of carbonyl (C=O) groups excluding carboxylic acids is 2. The van der Waals surface area contributed by atoms with E-state index in [9.17, 15) is 19.5 Å². The van der Waals surface area contributed by atoms with E-state index in [-0.39, 0.29) is 10.5 Å². The van der Waals surface area contributed by atoms with Crippen LogP contribution in [0.4, 0.5) is 0 Å². The molecule has 0 saturated heterocycles. The third kappa shape index (κ3) is 8.44. The molecule has 4 aromatic carbocycles. The summed E-state index contributed by atoms with van der Waals surface area (Å²) in [5.74, 6) is -0.883. The normalized spacial score (nSPS) is 12.0. The maximum atomic E-state index is 13.5. The van der Waals surface area contributed by atoms with E-state index in [1.54, 1.807) is 13.0 Å². The van der Waals surface area contributed by atoms with Crippen molar-refractivity contribution in [3.63, 3.8) is 0 Å². The molecule has 0 bridgehead atoms. The lowest BCUT2D eigenvalue weighted by Gasteiger charge is -2.35. The molecule has 7 nitrogen and oxygen atoms in total. The lowest BCUT2D eigenvalue weighted by molar-refractivity contribution is -0.925. The first kappa shape index (κ1) is 32.7. The highest BCUT2D eigenvalue weighted by molar-refractivity contribution is 7.98. The minimum Gasteiger partial charge on any atom is -0.480 e. The van der Waals surface area contributed by atoms with Gasteiger partial charge < -0.3 is 10.4 Å². The molecule has 0 aliphatic carbocycles. The van der Waals surface area contributed by atoms with Gasteiger partial charge >= 0.3 is 11.9 Å². The number of carbonyl (C=O) groups is 3. The third-order valence-electron chi connectivity index (χ3n) is 7.76. The van der Waals surface area contributed by atoms with E-state index in [2.05, 4.69) is 10.7 Å². The first-order valence-corrected chi connectivity index (χ1v) is 16.0. The van der Waals surface area contributed by atoms with E-state index in [0.717, 1.165) is 27.8 Å². The Morgan fingerprint density at radius 1 is 0.795 bits per heavy atom. The van der Waals surface area contributed by atoms with Gasteiger partial charge in [-0.1, -0.05) is 91.0 Å². The van der Waals surface area contributed by atoms with Gasteiger partial charge in [-0.05, 0) is 59.7 Å². The number of hydrogen-bond acceptors (Lipinski definition) is 5. The Balaban J connectivity index is 1.69. The molecule has 0 aliphatic rings. The van der Waals surface area contributed by atoms with Crippen molar-refractivity contribution < 1.29 is 24.1 Å². The number of hydrogen-bond donors (Lipinski definition) is 3. The van der Waals surface area contributed by atoms with Crippen molar-refractivity contribution in [3.05, 3.63) is 131 Å². The molecule has 0 saturated carbocycles. The van der Waals surface area contributed by atoms with Crippen LogP contribution in [0.5, 0.6) is 0 Å². The maximum Gasteiger partial charge on any atom is 0.330 e. The van der Waals surface area contributed by atoms with Crippen LogP contribution < -0.4 is 10.7 Å². The summed E-state index contributed by atoms with van der Waals surface area (Å²) in [4.78, 5) is 38.8. The van der Waals surface area contributed by atoms with Crippen LogP contribution in [0.2, 0.25) is 0 Å². The number of aliphatic carboxylic acids is 1. The van der Waals surface area contributed by atoms with Crippen molar-refractivity contribution in [2.75, 3.05) is 12.0 Å². The molecule has 0 heterocycles. The molecule has 0 radical (unpaired) electrons. The fourth-order valence-corrected chi connectivity index (χ4v) is 5.73. The number of thioether (sulfide) groups is 1. The van der Waals surface area contributed by atoms with Gasteiger partial charge in [0.15, 0.2) is 0 Å². The van der Waals surface area contributed by atoms with Crippen LogP contribution in [-0.4, -0.2) is 45.5 Å². The number of aryl methyl sites for hydroxylation is 1. The molecular weight excluding hydrogens is 570 g/mol.